The molecule has 0 radical (unpaired) electrons. The lowest BCUT2D eigenvalue weighted by molar-refractivity contribution is 0.210. The van der Waals surface area contributed by atoms with Crippen molar-refractivity contribution in [1.82, 2.24) is 9.97 Å². The second-order valence-electron chi connectivity index (χ2n) is 6.59. The van der Waals surface area contributed by atoms with Crippen molar-refractivity contribution in [1.29, 1.82) is 0 Å². The summed E-state index contributed by atoms with van der Waals surface area (Å²) in [6, 6.07) is 20.3. The van der Waals surface area contributed by atoms with Gasteiger partial charge in [0.2, 0.25) is 0 Å². The molecule has 3 aromatic rings. The molecule has 0 fully saturated rings. The summed E-state index contributed by atoms with van der Waals surface area (Å²) in [5.41, 5.74) is 3.18. The molecule has 0 aliphatic rings. The lowest BCUT2D eigenvalue weighted by Gasteiger charge is -2.21. The number of ether oxygens (including phenoxy) is 1. The van der Waals surface area contributed by atoms with Crippen molar-refractivity contribution in [3.8, 4) is 11.4 Å². The van der Waals surface area contributed by atoms with Gasteiger partial charge in [-0.25, -0.2) is 9.97 Å². The molecule has 0 saturated heterocycles. The summed E-state index contributed by atoms with van der Waals surface area (Å²) in [5, 5.41) is 6.70. The Labute approximate surface area is 173 Å². The third-order valence-electron chi connectivity index (χ3n) is 4.64. The molecule has 6 nitrogen and oxygen atoms in total. The minimum absolute atomic E-state index is 0.611. The highest BCUT2D eigenvalue weighted by molar-refractivity contribution is 5.66. The van der Waals surface area contributed by atoms with E-state index >= 15 is 0 Å². The Hall–Kier alpha value is -3.12. The normalized spacial score (nSPS) is 10.6. The number of methoxy groups -OCH3 is 1. The van der Waals surface area contributed by atoms with Gasteiger partial charge in [0.25, 0.3) is 0 Å². The van der Waals surface area contributed by atoms with E-state index in [9.17, 15) is 0 Å². The molecule has 0 saturated carbocycles. The Morgan fingerprint density at radius 2 is 1.59 bits per heavy atom. The van der Waals surface area contributed by atoms with Gasteiger partial charge in [0, 0.05) is 49.7 Å². The number of benzene rings is 2. The highest BCUT2D eigenvalue weighted by Crippen LogP contribution is 2.24. The van der Waals surface area contributed by atoms with Crippen LogP contribution in [-0.4, -0.2) is 43.3 Å². The molecule has 6 heteroatoms. The molecule has 1 heterocycles. The van der Waals surface area contributed by atoms with Gasteiger partial charge in [0.05, 0.1) is 6.61 Å². The van der Waals surface area contributed by atoms with Gasteiger partial charge in [0.1, 0.15) is 11.6 Å². The molecule has 0 spiro atoms. The van der Waals surface area contributed by atoms with E-state index in [0.29, 0.717) is 19.0 Å². The lowest BCUT2D eigenvalue weighted by atomic mass is 10.2. The molecule has 0 amide bonds. The van der Waals surface area contributed by atoms with Gasteiger partial charge < -0.3 is 20.3 Å². The number of hydrogen-bond acceptors (Lipinski definition) is 6. The van der Waals surface area contributed by atoms with Crippen LogP contribution in [-0.2, 0) is 4.74 Å². The van der Waals surface area contributed by atoms with Gasteiger partial charge in [0.15, 0.2) is 5.82 Å². The van der Waals surface area contributed by atoms with Crippen molar-refractivity contribution < 1.29 is 4.74 Å². The smallest absolute Gasteiger partial charge is 0.163 e. The van der Waals surface area contributed by atoms with Crippen molar-refractivity contribution in [3.05, 3.63) is 60.7 Å². The first-order valence-corrected chi connectivity index (χ1v) is 10.0. The topological polar surface area (TPSA) is 62.3 Å². The standard InChI is InChI=1S/C23H29N5O/c1-4-28(5-2)20-13-11-19(12-14-20)25-22-17-21(24-15-16-29-3)26-23(27-22)18-9-7-6-8-10-18/h6-14,17H,4-5,15-16H2,1-3H3,(H2,24,25,26,27). The molecule has 29 heavy (non-hydrogen) atoms. The predicted molar refractivity (Wildman–Crippen MR) is 121 cm³/mol. The van der Waals surface area contributed by atoms with E-state index in [1.807, 2.05) is 36.4 Å². The molecule has 2 N–H and O–H groups in total. The first-order chi connectivity index (χ1) is 14.2. The molecule has 0 atom stereocenters. The zero-order valence-electron chi connectivity index (χ0n) is 17.4. The summed E-state index contributed by atoms with van der Waals surface area (Å²) in [6.45, 7) is 7.61. The Kier molecular flexibility index (Phi) is 7.41. The second-order valence-corrected chi connectivity index (χ2v) is 6.59. The maximum Gasteiger partial charge on any atom is 0.163 e. The molecule has 0 aliphatic carbocycles. The second kappa shape index (κ2) is 10.4. The molecule has 0 unspecified atom stereocenters. The average molecular weight is 392 g/mol. The summed E-state index contributed by atoms with van der Waals surface area (Å²) in [5.74, 6) is 2.18. The molecule has 2 aromatic carbocycles. The number of rotatable bonds is 10. The summed E-state index contributed by atoms with van der Waals surface area (Å²) >= 11 is 0. The first-order valence-electron chi connectivity index (χ1n) is 10.0. The number of anilines is 4. The monoisotopic (exact) mass is 391 g/mol. The molecule has 0 aliphatic heterocycles. The van der Waals surface area contributed by atoms with E-state index in [2.05, 4.69) is 58.6 Å². The summed E-state index contributed by atoms with van der Waals surface area (Å²) in [4.78, 5) is 11.7. The molecule has 3 rings (SSSR count). The van der Waals surface area contributed by atoms with Crippen LogP contribution in [0.25, 0.3) is 11.4 Å². The predicted octanol–water partition coefficient (Wildman–Crippen LogP) is 4.79. The van der Waals surface area contributed by atoms with Crippen molar-refractivity contribution in [2.75, 3.05) is 48.9 Å². The van der Waals surface area contributed by atoms with Crippen molar-refractivity contribution in [3.63, 3.8) is 0 Å². The maximum atomic E-state index is 5.13. The van der Waals surface area contributed by atoms with Crippen LogP contribution < -0.4 is 15.5 Å². The summed E-state index contributed by atoms with van der Waals surface area (Å²) in [6.07, 6.45) is 0. The molecule has 0 bridgehead atoms. The van der Waals surface area contributed by atoms with Gasteiger partial charge in [-0.15, -0.1) is 0 Å². The van der Waals surface area contributed by atoms with E-state index < -0.39 is 0 Å². The van der Waals surface area contributed by atoms with E-state index in [-0.39, 0.29) is 0 Å². The first kappa shape index (κ1) is 20.6. The fourth-order valence-electron chi connectivity index (χ4n) is 3.09. The molecular formula is C23H29N5O. The summed E-state index contributed by atoms with van der Waals surface area (Å²) in [7, 11) is 1.69. The fraction of sp³-hybridized carbons (Fsp3) is 0.304. The van der Waals surface area contributed by atoms with Crippen LogP contribution in [0.3, 0.4) is 0 Å². The van der Waals surface area contributed by atoms with Crippen LogP contribution in [0.4, 0.5) is 23.0 Å². The third kappa shape index (κ3) is 5.68. The third-order valence-corrected chi connectivity index (χ3v) is 4.64. The van der Waals surface area contributed by atoms with E-state index in [4.69, 9.17) is 9.72 Å². The van der Waals surface area contributed by atoms with Gasteiger partial charge in [-0.05, 0) is 38.1 Å². The Balaban J connectivity index is 1.84. The van der Waals surface area contributed by atoms with Crippen LogP contribution in [0.1, 0.15) is 13.8 Å². The van der Waals surface area contributed by atoms with Gasteiger partial charge >= 0.3 is 0 Å². The number of hydrogen-bond donors (Lipinski definition) is 2. The molecule has 152 valence electrons. The SMILES string of the molecule is CCN(CC)c1ccc(Nc2cc(NCCOC)nc(-c3ccccc3)n2)cc1. The van der Waals surface area contributed by atoms with E-state index in [0.717, 1.165) is 36.0 Å². The van der Waals surface area contributed by atoms with Gasteiger partial charge in [-0.1, -0.05) is 30.3 Å². The highest BCUT2D eigenvalue weighted by Gasteiger charge is 2.08. The van der Waals surface area contributed by atoms with Crippen LogP contribution in [0.15, 0.2) is 60.7 Å². The Bertz CT molecular complexity index is 880. The average Bonchev–Trinajstić information content (AvgIpc) is 2.76. The fourth-order valence-corrected chi connectivity index (χ4v) is 3.09. The highest BCUT2D eigenvalue weighted by atomic mass is 16.5. The minimum Gasteiger partial charge on any atom is -0.383 e. The van der Waals surface area contributed by atoms with E-state index in [1.54, 1.807) is 7.11 Å². The van der Waals surface area contributed by atoms with Crippen molar-refractivity contribution in [2.45, 2.75) is 13.8 Å². The van der Waals surface area contributed by atoms with E-state index in [1.165, 1.54) is 5.69 Å². The Morgan fingerprint density at radius 3 is 2.24 bits per heavy atom. The van der Waals surface area contributed by atoms with Gasteiger partial charge in [-0.2, -0.15) is 0 Å². The number of nitrogens with one attached hydrogen (secondary N) is 2. The zero-order valence-corrected chi connectivity index (χ0v) is 17.4. The lowest BCUT2D eigenvalue weighted by Crippen LogP contribution is -2.21. The largest absolute Gasteiger partial charge is 0.383 e. The van der Waals surface area contributed by atoms with Crippen LogP contribution in [0.2, 0.25) is 0 Å². The zero-order chi connectivity index (χ0) is 20.5. The number of aromatic nitrogens is 2. The van der Waals surface area contributed by atoms with Crippen molar-refractivity contribution >= 4 is 23.0 Å². The molecule has 1 aromatic heterocycles. The van der Waals surface area contributed by atoms with Crippen LogP contribution >= 0.6 is 0 Å². The maximum absolute atomic E-state index is 5.13. The molecular weight excluding hydrogens is 362 g/mol. The van der Waals surface area contributed by atoms with Crippen LogP contribution in [0, 0.1) is 0 Å². The number of nitrogens with zero attached hydrogens (tertiary/aromatic N) is 3. The Morgan fingerprint density at radius 1 is 0.897 bits per heavy atom. The minimum atomic E-state index is 0.611. The van der Waals surface area contributed by atoms with Crippen LogP contribution in [0.5, 0.6) is 0 Å². The summed E-state index contributed by atoms with van der Waals surface area (Å²) < 4.78 is 5.13. The van der Waals surface area contributed by atoms with Crippen molar-refractivity contribution in [2.24, 2.45) is 0 Å². The quantitative estimate of drug-likeness (QED) is 0.485. The van der Waals surface area contributed by atoms with Gasteiger partial charge in [-0.3, -0.25) is 0 Å².